The molecule has 4 aromatic rings. The van der Waals surface area contributed by atoms with Crippen molar-refractivity contribution in [3.05, 3.63) is 109 Å². The normalized spacial score (nSPS) is 15.5. The number of hydrogen-bond donors (Lipinski definition) is 0. The van der Waals surface area contributed by atoms with E-state index in [2.05, 4.69) is 0 Å². The zero-order chi connectivity index (χ0) is 21.7. The molecule has 0 fully saturated rings. The third-order valence-electron chi connectivity index (χ3n) is 5.25. The van der Waals surface area contributed by atoms with Gasteiger partial charge in [0.1, 0.15) is 11.3 Å². The van der Waals surface area contributed by atoms with E-state index >= 15 is 0 Å². The van der Waals surface area contributed by atoms with Crippen molar-refractivity contribution in [2.24, 2.45) is 0 Å². The summed E-state index contributed by atoms with van der Waals surface area (Å²) in [5.41, 5.74) is 0.488. The van der Waals surface area contributed by atoms with Gasteiger partial charge in [-0.25, -0.2) is 0 Å². The van der Waals surface area contributed by atoms with E-state index in [9.17, 15) is 19.7 Å². The molecule has 0 saturated carbocycles. The fraction of sp³-hybridized carbons (Fsp3) is 0.0909. The zero-order valence-electron chi connectivity index (χ0n) is 15.8. The first kappa shape index (κ1) is 19.1. The molecule has 3 heterocycles. The van der Waals surface area contributed by atoms with E-state index in [4.69, 9.17) is 20.4 Å². The predicted molar refractivity (Wildman–Crippen MR) is 111 cm³/mol. The highest BCUT2D eigenvalue weighted by molar-refractivity contribution is 6.31. The number of amides is 1. The average Bonchev–Trinajstić information content (AvgIpc) is 3.36. The summed E-state index contributed by atoms with van der Waals surface area (Å²) >= 11 is 6.06. The number of carbonyl (C=O) groups excluding carboxylic acids is 1. The Kier molecular flexibility index (Phi) is 4.37. The molecule has 31 heavy (non-hydrogen) atoms. The van der Waals surface area contributed by atoms with Gasteiger partial charge in [-0.2, -0.15) is 0 Å². The maximum atomic E-state index is 13.4. The smallest absolute Gasteiger partial charge is 0.291 e. The largest absolute Gasteiger partial charge is 0.467 e. The van der Waals surface area contributed by atoms with Crippen LogP contribution in [0.5, 0.6) is 0 Å². The molecule has 0 saturated heterocycles. The van der Waals surface area contributed by atoms with Crippen LogP contribution in [0.25, 0.3) is 11.0 Å². The van der Waals surface area contributed by atoms with Crippen LogP contribution in [0.4, 0.5) is 5.69 Å². The number of nitro benzene ring substituents is 1. The maximum absolute atomic E-state index is 13.4. The van der Waals surface area contributed by atoms with Crippen molar-refractivity contribution >= 4 is 34.2 Å². The first-order valence-electron chi connectivity index (χ1n) is 9.28. The number of benzene rings is 2. The van der Waals surface area contributed by atoms with E-state index in [1.807, 2.05) is 0 Å². The van der Waals surface area contributed by atoms with Gasteiger partial charge < -0.3 is 13.7 Å². The first-order valence-corrected chi connectivity index (χ1v) is 9.66. The number of fused-ring (bicyclic) bond motifs is 2. The minimum Gasteiger partial charge on any atom is -0.467 e. The van der Waals surface area contributed by atoms with E-state index in [1.165, 1.54) is 41.5 Å². The molecule has 0 aliphatic carbocycles. The fourth-order valence-corrected chi connectivity index (χ4v) is 4.02. The Bertz CT molecular complexity index is 1390. The highest BCUT2D eigenvalue weighted by Gasteiger charge is 2.43. The summed E-state index contributed by atoms with van der Waals surface area (Å²) < 4.78 is 11.2. The number of hydrogen-bond acceptors (Lipinski definition) is 6. The van der Waals surface area contributed by atoms with Crippen molar-refractivity contribution in [2.45, 2.75) is 12.6 Å². The van der Waals surface area contributed by atoms with Crippen molar-refractivity contribution in [3.8, 4) is 0 Å². The summed E-state index contributed by atoms with van der Waals surface area (Å²) in [5.74, 6) is -0.00782. The lowest BCUT2D eigenvalue weighted by molar-refractivity contribution is -0.384. The minimum atomic E-state index is -0.798. The van der Waals surface area contributed by atoms with Gasteiger partial charge in [0, 0.05) is 17.2 Å². The summed E-state index contributed by atoms with van der Waals surface area (Å²) in [4.78, 5) is 38.6. The number of rotatable bonds is 4. The van der Waals surface area contributed by atoms with Crippen LogP contribution in [-0.4, -0.2) is 15.7 Å². The molecular formula is C22H13ClN2O6. The highest BCUT2D eigenvalue weighted by Crippen LogP contribution is 2.39. The molecule has 1 aliphatic heterocycles. The van der Waals surface area contributed by atoms with Crippen molar-refractivity contribution in [1.82, 2.24) is 4.90 Å². The summed E-state index contributed by atoms with van der Waals surface area (Å²) in [6.07, 6.45) is 1.49. The third-order valence-corrected chi connectivity index (χ3v) is 5.49. The number of nitro groups is 1. The predicted octanol–water partition coefficient (Wildman–Crippen LogP) is 4.69. The Morgan fingerprint density at radius 3 is 2.55 bits per heavy atom. The zero-order valence-corrected chi connectivity index (χ0v) is 16.5. The molecule has 1 unspecified atom stereocenters. The van der Waals surface area contributed by atoms with Gasteiger partial charge in [0.15, 0.2) is 5.43 Å². The van der Waals surface area contributed by atoms with Crippen LogP contribution in [0.1, 0.15) is 33.5 Å². The van der Waals surface area contributed by atoms with Gasteiger partial charge >= 0.3 is 0 Å². The summed E-state index contributed by atoms with van der Waals surface area (Å²) in [7, 11) is 0. The Morgan fingerprint density at radius 2 is 1.87 bits per heavy atom. The van der Waals surface area contributed by atoms with Gasteiger partial charge in [0.25, 0.3) is 11.6 Å². The Balaban J connectivity index is 1.73. The van der Waals surface area contributed by atoms with E-state index in [1.54, 1.807) is 24.3 Å². The molecule has 2 aromatic carbocycles. The molecule has 0 radical (unpaired) electrons. The number of halogens is 1. The van der Waals surface area contributed by atoms with Crippen molar-refractivity contribution < 1.29 is 18.6 Å². The van der Waals surface area contributed by atoms with Crippen LogP contribution in [-0.2, 0) is 6.54 Å². The fourth-order valence-electron chi connectivity index (χ4n) is 3.85. The van der Waals surface area contributed by atoms with E-state index in [0.717, 1.165) is 0 Å². The molecule has 154 valence electrons. The highest BCUT2D eigenvalue weighted by atomic mass is 35.5. The standard InChI is InChI=1S/C22H13ClN2O6/c23-13-5-8-17-16(10-13)20(26)18-19(12-3-6-14(7-4-12)25(28)29)24(22(27)21(18)31-17)11-15-2-1-9-30-15/h1-10,19H,11H2. The third kappa shape index (κ3) is 3.08. The summed E-state index contributed by atoms with van der Waals surface area (Å²) in [6.45, 7) is 0.0915. The average molecular weight is 437 g/mol. The molecule has 0 bridgehead atoms. The molecule has 0 N–H and O–H groups in total. The lowest BCUT2D eigenvalue weighted by atomic mass is 9.98. The van der Waals surface area contributed by atoms with Crippen molar-refractivity contribution in [2.75, 3.05) is 0 Å². The van der Waals surface area contributed by atoms with Crippen molar-refractivity contribution in [3.63, 3.8) is 0 Å². The molecule has 2 aromatic heterocycles. The lowest BCUT2D eigenvalue weighted by Gasteiger charge is -2.24. The van der Waals surface area contributed by atoms with Crippen LogP contribution in [0.2, 0.25) is 5.02 Å². The minimum absolute atomic E-state index is 0.0604. The SMILES string of the molecule is O=C1c2oc3ccc(Cl)cc3c(=O)c2C(c2ccc([N+](=O)[O-])cc2)N1Cc1ccco1. The Morgan fingerprint density at radius 1 is 1.10 bits per heavy atom. The van der Waals surface area contributed by atoms with Crippen molar-refractivity contribution in [1.29, 1.82) is 0 Å². The van der Waals surface area contributed by atoms with E-state index in [-0.39, 0.29) is 40.0 Å². The molecule has 1 aliphatic rings. The second-order valence-electron chi connectivity index (χ2n) is 7.08. The molecule has 0 spiro atoms. The van der Waals surface area contributed by atoms with Crippen LogP contribution in [0, 0.1) is 10.1 Å². The number of nitrogens with zero attached hydrogens (tertiary/aromatic N) is 2. The molecule has 9 heteroatoms. The van der Waals surface area contributed by atoms with Gasteiger partial charge in [-0.05, 0) is 48.0 Å². The van der Waals surface area contributed by atoms with Gasteiger partial charge in [0.2, 0.25) is 5.76 Å². The van der Waals surface area contributed by atoms with Crippen LogP contribution in [0.15, 0.2) is 74.5 Å². The van der Waals surface area contributed by atoms with Gasteiger partial charge in [-0.3, -0.25) is 19.7 Å². The topological polar surface area (TPSA) is 107 Å². The molecule has 1 amide bonds. The van der Waals surface area contributed by atoms with Gasteiger partial charge in [-0.15, -0.1) is 0 Å². The Labute approximate surface area is 179 Å². The van der Waals surface area contributed by atoms with Crippen LogP contribution < -0.4 is 5.43 Å². The first-order chi connectivity index (χ1) is 14.9. The van der Waals surface area contributed by atoms with E-state index in [0.29, 0.717) is 16.3 Å². The number of non-ortho nitro benzene ring substituents is 1. The van der Waals surface area contributed by atoms with Gasteiger partial charge in [0.05, 0.1) is 34.7 Å². The molecule has 5 rings (SSSR count). The monoisotopic (exact) mass is 436 g/mol. The quantitative estimate of drug-likeness (QED) is 0.339. The maximum Gasteiger partial charge on any atom is 0.291 e. The number of furan rings is 1. The van der Waals surface area contributed by atoms with Crippen LogP contribution in [0.3, 0.4) is 0 Å². The summed E-state index contributed by atoms with van der Waals surface area (Å²) in [6, 6.07) is 13.0. The van der Waals surface area contributed by atoms with Gasteiger partial charge in [-0.1, -0.05) is 11.6 Å². The lowest BCUT2D eigenvalue weighted by Crippen LogP contribution is -2.29. The second-order valence-corrected chi connectivity index (χ2v) is 7.51. The molecule has 8 nitrogen and oxygen atoms in total. The molecular weight excluding hydrogens is 424 g/mol. The Hall–Kier alpha value is -3.91. The molecule has 1 atom stereocenters. The van der Waals surface area contributed by atoms with Crippen LogP contribution >= 0.6 is 11.6 Å². The summed E-state index contributed by atoms with van der Waals surface area (Å²) in [5, 5.41) is 11.7. The number of carbonyl (C=O) groups is 1. The van der Waals surface area contributed by atoms with E-state index < -0.39 is 16.9 Å². The second kappa shape index (κ2) is 7.10.